The van der Waals surface area contributed by atoms with E-state index < -0.39 is 17.8 Å². The molecule has 0 saturated heterocycles. The van der Waals surface area contributed by atoms with E-state index in [4.69, 9.17) is 23.2 Å². The third-order valence-electron chi connectivity index (χ3n) is 4.39. The number of rotatable bonds is 4. The van der Waals surface area contributed by atoms with Crippen molar-refractivity contribution in [2.75, 3.05) is 5.32 Å². The van der Waals surface area contributed by atoms with E-state index in [1.807, 2.05) is 0 Å². The van der Waals surface area contributed by atoms with Crippen LogP contribution in [0.25, 0.3) is 0 Å². The normalized spacial score (nSPS) is 11.7. The van der Waals surface area contributed by atoms with E-state index in [9.17, 15) is 18.0 Å². The molecule has 0 aliphatic heterocycles. The summed E-state index contributed by atoms with van der Waals surface area (Å²) in [6.07, 6.45) is -4.64. The highest BCUT2D eigenvalue weighted by atomic mass is 35.5. The van der Waals surface area contributed by atoms with E-state index in [1.165, 1.54) is 7.05 Å². The second-order valence-electron chi connectivity index (χ2n) is 6.39. The minimum atomic E-state index is -4.64. The first-order valence-electron chi connectivity index (χ1n) is 8.38. The van der Waals surface area contributed by atoms with Gasteiger partial charge in [-0.05, 0) is 26.0 Å². The predicted molar refractivity (Wildman–Crippen MR) is 103 cm³/mol. The molecule has 2 heterocycles. The number of halogens is 5. The van der Waals surface area contributed by atoms with Crippen LogP contribution in [0.5, 0.6) is 0 Å². The Morgan fingerprint density at radius 2 is 1.79 bits per heavy atom. The molecule has 0 aliphatic rings. The molecular formula is C18H16Cl2F3N5O. The molecule has 0 aliphatic carbocycles. The number of nitrogens with zero attached hydrogens (tertiary/aromatic N) is 4. The second-order valence-corrected chi connectivity index (χ2v) is 7.21. The maximum Gasteiger partial charge on any atom is 0.435 e. The van der Waals surface area contributed by atoms with Gasteiger partial charge in [-0.3, -0.25) is 14.2 Å². The van der Waals surface area contributed by atoms with Crippen LogP contribution in [-0.4, -0.2) is 25.5 Å². The molecule has 11 heteroatoms. The van der Waals surface area contributed by atoms with Crippen LogP contribution in [0.2, 0.25) is 10.0 Å². The predicted octanol–water partition coefficient (Wildman–Crippen LogP) is 4.86. The number of amides is 1. The van der Waals surface area contributed by atoms with Crippen LogP contribution in [-0.2, 0) is 19.8 Å². The average Bonchev–Trinajstić information content (AvgIpc) is 3.13. The van der Waals surface area contributed by atoms with Crippen LogP contribution < -0.4 is 5.32 Å². The van der Waals surface area contributed by atoms with Gasteiger partial charge in [0.15, 0.2) is 5.69 Å². The highest BCUT2D eigenvalue weighted by Crippen LogP contribution is 2.30. The van der Waals surface area contributed by atoms with E-state index in [0.29, 0.717) is 38.8 Å². The monoisotopic (exact) mass is 445 g/mol. The molecule has 1 aromatic carbocycles. The van der Waals surface area contributed by atoms with Gasteiger partial charge in [0.05, 0.1) is 23.6 Å². The molecule has 0 saturated carbocycles. The highest BCUT2D eigenvalue weighted by molar-refractivity contribution is 6.35. The van der Waals surface area contributed by atoms with Gasteiger partial charge in [-0.25, -0.2) is 0 Å². The van der Waals surface area contributed by atoms with Crippen LogP contribution >= 0.6 is 23.2 Å². The molecule has 0 radical (unpaired) electrons. The minimum absolute atomic E-state index is 0.224. The molecule has 154 valence electrons. The molecule has 3 rings (SSSR count). The summed E-state index contributed by atoms with van der Waals surface area (Å²) in [7, 11) is 1.27. The zero-order valence-electron chi connectivity index (χ0n) is 15.6. The largest absolute Gasteiger partial charge is 0.435 e. The van der Waals surface area contributed by atoms with Crippen LogP contribution in [0, 0.1) is 13.8 Å². The number of carbonyl (C=O) groups excluding carboxylic acids is 1. The number of hydrogen-bond acceptors (Lipinski definition) is 3. The summed E-state index contributed by atoms with van der Waals surface area (Å²) in [5, 5.41) is 11.3. The van der Waals surface area contributed by atoms with Crippen molar-refractivity contribution >= 4 is 34.8 Å². The molecule has 0 atom stereocenters. The van der Waals surface area contributed by atoms with E-state index >= 15 is 0 Å². The summed E-state index contributed by atoms with van der Waals surface area (Å²) < 4.78 is 41.0. The Labute approximate surface area is 174 Å². The quantitative estimate of drug-likeness (QED) is 0.623. The summed E-state index contributed by atoms with van der Waals surface area (Å²) in [6.45, 7) is 3.67. The Hall–Kier alpha value is -2.52. The van der Waals surface area contributed by atoms with Crippen LogP contribution in [0.3, 0.4) is 0 Å². The lowest BCUT2D eigenvalue weighted by Gasteiger charge is -2.10. The number of alkyl halides is 3. The fourth-order valence-electron chi connectivity index (χ4n) is 2.86. The van der Waals surface area contributed by atoms with Crippen LogP contribution in [0.1, 0.15) is 33.1 Å². The van der Waals surface area contributed by atoms with Crippen molar-refractivity contribution in [3.63, 3.8) is 0 Å². The number of anilines is 1. The van der Waals surface area contributed by atoms with Crippen molar-refractivity contribution in [1.29, 1.82) is 0 Å². The van der Waals surface area contributed by atoms with Gasteiger partial charge in [0.25, 0.3) is 5.91 Å². The molecule has 1 amide bonds. The van der Waals surface area contributed by atoms with Gasteiger partial charge in [0, 0.05) is 28.7 Å². The van der Waals surface area contributed by atoms with Gasteiger partial charge in [-0.15, -0.1) is 0 Å². The number of nitrogens with one attached hydrogen (secondary N) is 1. The smallest absolute Gasteiger partial charge is 0.317 e. The molecule has 0 fully saturated rings. The molecule has 0 unspecified atom stereocenters. The first-order valence-corrected chi connectivity index (χ1v) is 9.14. The van der Waals surface area contributed by atoms with Crippen molar-refractivity contribution in [2.45, 2.75) is 26.6 Å². The van der Waals surface area contributed by atoms with E-state index in [0.717, 1.165) is 4.68 Å². The van der Waals surface area contributed by atoms with Crippen LogP contribution in [0.15, 0.2) is 24.3 Å². The Kier molecular flexibility index (Phi) is 5.64. The molecule has 6 nitrogen and oxygen atoms in total. The minimum Gasteiger partial charge on any atom is -0.317 e. The SMILES string of the molecule is Cc1nn(Cc2c(Cl)cccc2Cl)c(C)c1NC(=O)c1cc(C(F)(F)F)nn1C. The van der Waals surface area contributed by atoms with Gasteiger partial charge in [0.1, 0.15) is 5.69 Å². The van der Waals surface area contributed by atoms with Gasteiger partial charge in [0.2, 0.25) is 0 Å². The van der Waals surface area contributed by atoms with E-state index in [2.05, 4.69) is 15.5 Å². The Balaban J connectivity index is 1.88. The second kappa shape index (κ2) is 7.72. The number of aryl methyl sites for hydroxylation is 2. The fraction of sp³-hybridized carbons (Fsp3) is 0.278. The van der Waals surface area contributed by atoms with Crippen molar-refractivity contribution in [1.82, 2.24) is 19.6 Å². The van der Waals surface area contributed by atoms with Crippen molar-refractivity contribution in [3.8, 4) is 0 Å². The van der Waals surface area contributed by atoms with E-state index in [-0.39, 0.29) is 12.2 Å². The van der Waals surface area contributed by atoms with E-state index in [1.54, 1.807) is 36.7 Å². The molecule has 2 aromatic heterocycles. The zero-order valence-corrected chi connectivity index (χ0v) is 17.1. The zero-order chi connectivity index (χ0) is 21.5. The number of aromatic nitrogens is 4. The lowest BCUT2D eigenvalue weighted by molar-refractivity contribution is -0.141. The van der Waals surface area contributed by atoms with Gasteiger partial charge in [-0.2, -0.15) is 23.4 Å². The summed E-state index contributed by atoms with van der Waals surface area (Å²) in [5.41, 5.74) is 0.802. The topological polar surface area (TPSA) is 64.7 Å². The summed E-state index contributed by atoms with van der Waals surface area (Å²) in [5.74, 6) is -0.725. The summed E-state index contributed by atoms with van der Waals surface area (Å²) in [6, 6.07) is 5.84. The van der Waals surface area contributed by atoms with Crippen molar-refractivity contribution in [3.05, 3.63) is 62.6 Å². The van der Waals surface area contributed by atoms with Crippen molar-refractivity contribution < 1.29 is 18.0 Å². The first kappa shape index (κ1) is 21.2. The standard InChI is InChI=1S/C18H16Cl2F3N5O/c1-9-16(24-17(29)14-7-15(18(21,22)23)26-27(14)3)10(2)28(25-9)8-11-12(19)5-4-6-13(11)20/h4-7H,8H2,1-3H3,(H,24,29). The van der Waals surface area contributed by atoms with Crippen LogP contribution in [0.4, 0.5) is 18.9 Å². The molecule has 0 bridgehead atoms. The molecule has 29 heavy (non-hydrogen) atoms. The maximum atomic E-state index is 12.8. The first-order chi connectivity index (χ1) is 13.5. The highest BCUT2D eigenvalue weighted by Gasteiger charge is 2.35. The third-order valence-corrected chi connectivity index (χ3v) is 5.10. The van der Waals surface area contributed by atoms with Gasteiger partial charge < -0.3 is 5.32 Å². The van der Waals surface area contributed by atoms with Crippen molar-refractivity contribution in [2.24, 2.45) is 7.05 Å². The molecule has 1 N–H and O–H groups in total. The molecule has 3 aromatic rings. The summed E-state index contributed by atoms with van der Waals surface area (Å²) >= 11 is 12.4. The Morgan fingerprint density at radius 3 is 2.34 bits per heavy atom. The number of benzene rings is 1. The summed E-state index contributed by atoms with van der Waals surface area (Å²) in [4.78, 5) is 12.5. The lowest BCUT2D eigenvalue weighted by Crippen LogP contribution is -2.17. The Morgan fingerprint density at radius 1 is 1.17 bits per heavy atom. The fourth-order valence-corrected chi connectivity index (χ4v) is 3.38. The molecular weight excluding hydrogens is 430 g/mol. The number of hydrogen-bond donors (Lipinski definition) is 1. The third kappa shape index (κ3) is 4.25. The average molecular weight is 446 g/mol. The maximum absolute atomic E-state index is 12.8. The van der Waals surface area contributed by atoms with Gasteiger partial charge in [-0.1, -0.05) is 29.3 Å². The Bertz CT molecular complexity index is 1070. The van der Waals surface area contributed by atoms with Gasteiger partial charge >= 0.3 is 6.18 Å². The lowest BCUT2D eigenvalue weighted by atomic mass is 10.2. The number of carbonyl (C=O) groups is 1. The molecule has 0 spiro atoms.